The average molecular weight is 239 g/mol. The van der Waals surface area contributed by atoms with Gasteiger partial charge in [0.2, 0.25) is 5.91 Å². The van der Waals surface area contributed by atoms with E-state index in [0.29, 0.717) is 0 Å². The van der Waals surface area contributed by atoms with Gasteiger partial charge in [0, 0.05) is 6.20 Å². The highest BCUT2D eigenvalue weighted by Crippen LogP contribution is 2.29. The monoisotopic (exact) mass is 238 g/mol. The molecule has 1 aromatic rings. The van der Waals surface area contributed by atoms with Gasteiger partial charge in [-0.25, -0.2) is 4.98 Å². The molecule has 0 atom stereocenters. The van der Waals surface area contributed by atoms with Crippen LogP contribution in [-0.2, 0) is 11.0 Å². The molecule has 82 valence electrons. The maximum absolute atomic E-state index is 12.2. The number of pyridine rings is 1. The Hall–Kier alpha value is -1.30. The summed E-state index contributed by atoms with van der Waals surface area (Å²) in [4.78, 5) is 14.3. The van der Waals surface area contributed by atoms with Crippen molar-refractivity contribution in [3.63, 3.8) is 0 Å². The first-order chi connectivity index (χ1) is 6.93. The van der Waals surface area contributed by atoms with Crippen molar-refractivity contribution in [2.24, 2.45) is 0 Å². The van der Waals surface area contributed by atoms with Crippen LogP contribution in [0.3, 0.4) is 0 Å². The number of amides is 1. The first kappa shape index (κ1) is 11.8. The lowest BCUT2D eigenvalue weighted by Gasteiger charge is -2.08. The van der Waals surface area contributed by atoms with E-state index in [9.17, 15) is 18.0 Å². The molecule has 1 rings (SSSR count). The molecule has 0 saturated heterocycles. The summed E-state index contributed by atoms with van der Waals surface area (Å²) >= 11 is 5.17. The Balaban J connectivity index is 2.88. The SMILES string of the molecule is O=C(CCl)Nc1cc(C(F)(F)F)ccn1. The second kappa shape index (κ2) is 4.48. The molecule has 1 aromatic heterocycles. The van der Waals surface area contributed by atoms with Gasteiger partial charge in [0.05, 0.1) is 5.56 Å². The van der Waals surface area contributed by atoms with Crippen LogP contribution in [0.5, 0.6) is 0 Å². The fourth-order valence-corrected chi connectivity index (χ4v) is 0.918. The number of anilines is 1. The molecule has 0 saturated carbocycles. The molecule has 0 fully saturated rings. The minimum Gasteiger partial charge on any atom is -0.310 e. The summed E-state index contributed by atoms with van der Waals surface area (Å²) in [7, 11) is 0. The number of hydrogen-bond acceptors (Lipinski definition) is 2. The Kier molecular flexibility index (Phi) is 3.52. The van der Waals surface area contributed by atoms with Crippen LogP contribution in [0.4, 0.5) is 19.0 Å². The lowest BCUT2D eigenvalue weighted by molar-refractivity contribution is -0.137. The third kappa shape index (κ3) is 3.39. The molecule has 0 spiro atoms. The Morgan fingerprint density at radius 2 is 2.20 bits per heavy atom. The van der Waals surface area contributed by atoms with E-state index in [0.717, 1.165) is 18.3 Å². The topological polar surface area (TPSA) is 42.0 Å². The quantitative estimate of drug-likeness (QED) is 0.803. The second-order valence-corrected chi connectivity index (χ2v) is 2.88. The van der Waals surface area contributed by atoms with Gasteiger partial charge in [-0.3, -0.25) is 4.79 Å². The molecule has 0 bridgehead atoms. The van der Waals surface area contributed by atoms with Gasteiger partial charge >= 0.3 is 6.18 Å². The van der Waals surface area contributed by atoms with E-state index in [2.05, 4.69) is 10.3 Å². The number of rotatable bonds is 2. The molecule has 7 heteroatoms. The standard InChI is InChI=1S/C8H6ClF3N2O/c9-4-7(15)14-6-3-5(1-2-13-6)8(10,11)12/h1-3H,4H2,(H,13,14,15). The van der Waals surface area contributed by atoms with Crippen LogP contribution in [0, 0.1) is 0 Å². The molecule has 0 aliphatic heterocycles. The Bertz CT molecular complexity index is 367. The zero-order chi connectivity index (χ0) is 11.5. The summed E-state index contributed by atoms with van der Waals surface area (Å²) in [5.41, 5.74) is -0.873. The third-order valence-corrected chi connectivity index (χ3v) is 1.72. The van der Waals surface area contributed by atoms with Crippen LogP contribution < -0.4 is 5.32 Å². The number of aromatic nitrogens is 1. The minimum absolute atomic E-state index is 0.171. The van der Waals surface area contributed by atoms with Crippen LogP contribution in [0.1, 0.15) is 5.56 Å². The van der Waals surface area contributed by atoms with E-state index in [-0.39, 0.29) is 11.7 Å². The maximum atomic E-state index is 12.2. The van der Waals surface area contributed by atoms with E-state index >= 15 is 0 Å². The summed E-state index contributed by atoms with van der Waals surface area (Å²) in [5.74, 6) is -1.11. The number of alkyl halides is 4. The molecule has 0 unspecified atom stereocenters. The molecule has 3 nitrogen and oxygen atoms in total. The van der Waals surface area contributed by atoms with Crippen molar-refractivity contribution in [2.45, 2.75) is 6.18 Å². The molecular weight excluding hydrogens is 233 g/mol. The van der Waals surface area contributed by atoms with Crippen molar-refractivity contribution >= 4 is 23.3 Å². The number of carbonyl (C=O) groups excluding carboxylic acids is 1. The summed E-state index contributed by atoms with van der Waals surface area (Å²) in [6, 6.07) is 1.56. The smallest absolute Gasteiger partial charge is 0.310 e. The highest BCUT2D eigenvalue weighted by Gasteiger charge is 2.30. The van der Waals surface area contributed by atoms with Crippen molar-refractivity contribution in [3.05, 3.63) is 23.9 Å². The second-order valence-electron chi connectivity index (χ2n) is 2.61. The lowest BCUT2D eigenvalue weighted by atomic mass is 10.2. The van der Waals surface area contributed by atoms with Crippen molar-refractivity contribution < 1.29 is 18.0 Å². The third-order valence-electron chi connectivity index (χ3n) is 1.48. The Labute approximate surface area is 88.3 Å². The largest absolute Gasteiger partial charge is 0.416 e. The van der Waals surface area contributed by atoms with Crippen LogP contribution >= 0.6 is 11.6 Å². The highest BCUT2D eigenvalue weighted by molar-refractivity contribution is 6.28. The molecule has 1 N–H and O–H groups in total. The summed E-state index contributed by atoms with van der Waals surface area (Å²) in [6.45, 7) is 0. The van der Waals surface area contributed by atoms with E-state index in [1.54, 1.807) is 0 Å². The lowest BCUT2D eigenvalue weighted by Crippen LogP contribution is -2.14. The van der Waals surface area contributed by atoms with Crippen molar-refractivity contribution in [1.29, 1.82) is 0 Å². The molecular formula is C8H6ClF3N2O. The molecule has 1 heterocycles. The first-order valence-electron chi connectivity index (χ1n) is 3.82. The van der Waals surface area contributed by atoms with Gasteiger partial charge in [0.25, 0.3) is 0 Å². The van der Waals surface area contributed by atoms with Crippen molar-refractivity contribution in [1.82, 2.24) is 4.98 Å². The van der Waals surface area contributed by atoms with Gasteiger partial charge < -0.3 is 5.32 Å². The highest BCUT2D eigenvalue weighted by atomic mass is 35.5. The van der Waals surface area contributed by atoms with Gasteiger partial charge in [-0.15, -0.1) is 11.6 Å². The zero-order valence-corrected chi connectivity index (χ0v) is 8.06. The van der Waals surface area contributed by atoms with Crippen molar-refractivity contribution in [3.8, 4) is 0 Å². The van der Waals surface area contributed by atoms with E-state index in [4.69, 9.17) is 11.6 Å². The number of nitrogens with one attached hydrogen (secondary N) is 1. The van der Waals surface area contributed by atoms with E-state index in [1.165, 1.54) is 0 Å². The van der Waals surface area contributed by atoms with Gasteiger partial charge in [-0.05, 0) is 12.1 Å². The van der Waals surface area contributed by atoms with Gasteiger partial charge in [0.1, 0.15) is 11.7 Å². The predicted octanol–water partition coefficient (Wildman–Crippen LogP) is 2.28. The first-order valence-corrected chi connectivity index (χ1v) is 4.36. The molecule has 1 amide bonds. The van der Waals surface area contributed by atoms with Crippen LogP contribution in [-0.4, -0.2) is 16.8 Å². The van der Waals surface area contributed by atoms with Crippen LogP contribution in [0.15, 0.2) is 18.3 Å². The number of hydrogen-bond donors (Lipinski definition) is 1. The van der Waals surface area contributed by atoms with Crippen LogP contribution in [0.25, 0.3) is 0 Å². The number of nitrogens with zero attached hydrogens (tertiary/aromatic N) is 1. The predicted molar refractivity (Wildman–Crippen MR) is 48.6 cm³/mol. The minimum atomic E-state index is -4.45. The van der Waals surface area contributed by atoms with Crippen LogP contribution in [0.2, 0.25) is 0 Å². The number of carbonyl (C=O) groups is 1. The molecule has 0 aliphatic rings. The van der Waals surface area contributed by atoms with Gasteiger partial charge in [-0.2, -0.15) is 13.2 Å². The van der Waals surface area contributed by atoms with Crippen molar-refractivity contribution in [2.75, 3.05) is 11.2 Å². The van der Waals surface area contributed by atoms with Gasteiger partial charge in [0.15, 0.2) is 0 Å². The molecule has 0 aliphatic carbocycles. The number of halogens is 4. The van der Waals surface area contributed by atoms with E-state index < -0.39 is 17.6 Å². The Morgan fingerprint density at radius 1 is 1.53 bits per heavy atom. The molecule has 0 radical (unpaired) electrons. The fourth-order valence-electron chi connectivity index (χ4n) is 0.851. The summed E-state index contributed by atoms with van der Waals surface area (Å²) in [6.07, 6.45) is -3.49. The maximum Gasteiger partial charge on any atom is 0.416 e. The summed E-state index contributed by atoms with van der Waals surface area (Å²) < 4.78 is 36.7. The zero-order valence-electron chi connectivity index (χ0n) is 7.31. The van der Waals surface area contributed by atoms with Gasteiger partial charge in [-0.1, -0.05) is 0 Å². The fraction of sp³-hybridized carbons (Fsp3) is 0.250. The molecule has 0 aromatic carbocycles. The summed E-state index contributed by atoms with van der Waals surface area (Å²) in [5, 5.41) is 2.12. The van der Waals surface area contributed by atoms with E-state index in [1.807, 2.05) is 0 Å². The molecule has 15 heavy (non-hydrogen) atoms. The Morgan fingerprint density at radius 3 is 2.73 bits per heavy atom. The normalized spacial score (nSPS) is 11.2. The average Bonchev–Trinajstić information content (AvgIpc) is 2.17.